The Kier molecular flexibility index (Phi) is 3.17. The van der Waals surface area contributed by atoms with E-state index in [0.717, 1.165) is 20.9 Å². The molecule has 19 heavy (non-hydrogen) atoms. The minimum absolute atomic E-state index is 0.493. The van der Waals surface area contributed by atoms with Gasteiger partial charge < -0.3 is 5.32 Å². The van der Waals surface area contributed by atoms with Crippen LogP contribution in [0.4, 0.5) is 15.9 Å². The first-order valence-electron chi connectivity index (χ1n) is 5.81. The number of fused-ring (bicyclic) bond motifs is 1. The molecule has 2 nitrogen and oxygen atoms in total. The van der Waals surface area contributed by atoms with Crippen LogP contribution in [0.15, 0.2) is 59.1 Å². The Balaban J connectivity index is 2.09. The largest absolute Gasteiger partial charge is 0.340 e. The maximum absolute atomic E-state index is 13.1. The molecule has 0 saturated heterocycles. The van der Waals surface area contributed by atoms with E-state index in [9.17, 15) is 4.39 Å². The summed E-state index contributed by atoms with van der Waals surface area (Å²) in [5.41, 5.74) is 0.900. The molecule has 0 amide bonds. The monoisotopic (exact) mass is 316 g/mol. The summed E-state index contributed by atoms with van der Waals surface area (Å²) in [5, 5.41) is 5.30. The van der Waals surface area contributed by atoms with Crippen molar-refractivity contribution in [3.8, 4) is 0 Å². The molecule has 1 N–H and O–H groups in total. The second kappa shape index (κ2) is 4.97. The molecule has 0 spiro atoms. The fraction of sp³-hybridized carbons (Fsp3) is 0. The van der Waals surface area contributed by atoms with Gasteiger partial charge >= 0.3 is 0 Å². The highest BCUT2D eigenvalue weighted by Crippen LogP contribution is 2.31. The standard InChI is InChI=1S/C15H10BrFN2/c16-12-8-9-13(11-5-2-1-4-10(11)12)18-15-7-3-6-14(17)19-15/h1-9H,(H,18,19). The van der Waals surface area contributed by atoms with Gasteiger partial charge in [0.1, 0.15) is 5.82 Å². The Labute approximate surface area is 118 Å². The van der Waals surface area contributed by atoms with Crippen molar-refractivity contribution in [1.29, 1.82) is 0 Å². The first-order valence-corrected chi connectivity index (χ1v) is 6.60. The molecule has 3 aromatic rings. The van der Waals surface area contributed by atoms with E-state index in [1.54, 1.807) is 12.1 Å². The SMILES string of the molecule is Fc1cccc(Nc2ccc(Br)c3ccccc23)n1. The van der Waals surface area contributed by atoms with E-state index in [-0.39, 0.29) is 0 Å². The van der Waals surface area contributed by atoms with Crippen LogP contribution in [0.2, 0.25) is 0 Å². The zero-order chi connectivity index (χ0) is 13.2. The lowest BCUT2D eigenvalue weighted by Crippen LogP contribution is -1.95. The lowest BCUT2D eigenvalue weighted by molar-refractivity contribution is 0.585. The third-order valence-corrected chi connectivity index (χ3v) is 3.54. The van der Waals surface area contributed by atoms with E-state index >= 15 is 0 Å². The number of hydrogen-bond acceptors (Lipinski definition) is 2. The molecule has 0 radical (unpaired) electrons. The van der Waals surface area contributed by atoms with Crippen molar-refractivity contribution in [3.05, 3.63) is 65.0 Å². The molecule has 1 aromatic heterocycles. The number of hydrogen-bond donors (Lipinski definition) is 1. The smallest absolute Gasteiger partial charge is 0.214 e. The molecule has 3 rings (SSSR count). The molecular weight excluding hydrogens is 307 g/mol. The van der Waals surface area contributed by atoms with Crippen LogP contribution in [-0.4, -0.2) is 4.98 Å². The third kappa shape index (κ3) is 2.44. The van der Waals surface area contributed by atoms with Crippen LogP contribution < -0.4 is 5.32 Å². The summed E-state index contributed by atoms with van der Waals surface area (Å²) in [6.45, 7) is 0. The van der Waals surface area contributed by atoms with Crippen LogP contribution in [0.5, 0.6) is 0 Å². The summed E-state index contributed by atoms with van der Waals surface area (Å²) >= 11 is 3.52. The molecule has 0 atom stereocenters. The lowest BCUT2D eigenvalue weighted by atomic mass is 10.1. The predicted molar refractivity (Wildman–Crippen MR) is 79.1 cm³/mol. The molecule has 4 heteroatoms. The molecule has 94 valence electrons. The van der Waals surface area contributed by atoms with E-state index in [2.05, 4.69) is 26.2 Å². The lowest BCUT2D eigenvalue weighted by Gasteiger charge is -2.10. The highest BCUT2D eigenvalue weighted by atomic mass is 79.9. The number of benzene rings is 2. The first-order chi connectivity index (χ1) is 9.24. The number of anilines is 2. The molecule has 0 aliphatic rings. The number of pyridine rings is 1. The Morgan fingerprint density at radius 2 is 1.68 bits per heavy atom. The molecule has 0 unspecified atom stereocenters. The van der Waals surface area contributed by atoms with E-state index in [0.29, 0.717) is 5.82 Å². The quantitative estimate of drug-likeness (QED) is 0.681. The summed E-state index contributed by atoms with van der Waals surface area (Å²) in [5.74, 6) is -0.00103. The van der Waals surface area contributed by atoms with Gasteiger partial charge in [-0.05, 0) is 29.7 Å². The fourth-order valence-corrected chi connectivity index (χ4v) is 2.47. The second-order valence-corrected chi connectivity index (χ2v) is 4.97. The number of nitrogens with one attached hydrogen (secondary N) is 1. The summed E-state index contributed by atoms with van der Waals surface area (Å²) in [7, 11) is 0. The molecule has 2 aromatic carbocycles. The average Bonchev–Trinajstić information content (AvgIpc) is 2.42. The van der Waals surface area contributed by atoms with Crippen molar-refractivity contribution in [1.82, 2.24) is 4.98 Å². The summed E-state index contributed by atoms with van der Waals surface area (Å²) < 4.78 is 14.1. The number of nitrogens with zero attached hydrogens (tertiary/aromatic N) is 1. The maximum atomic E-state index is 13.1. The average molecular weight is 317 g/mol. The van der Waals surface area contributed by atoms with E-state index in [4.69, 9.17) is 0 Å². The molecular formula is C15H10BrFN2. The van der Waals surface area contributed by atoms with Crippen molar-refractivity contribution in [2.75, 3.05) is 5.32 Å². The fourth-order valence-electron chi connectivity index (χ4n) is 1.99. The molecule has 0 aliphatic carbocycles. The number of halogens is 2. The highest BCUT2D eigenvalue weighted by Gasteiger charge is 2.05. The van der Waals surface area contributed by atoms with Gasteiger partial charge in [-0.3, -0.25) is 0 Å². The van der Waals surface area contributed by atoms with E-state index in [1.165, 1.54) is 6.07 Å². The normalized spacial score (nSPS) is 10.6. The van der Waals surface area contributed by atoms with Gasteiger partial charge in [0.05, 0.1) is 0 Å². The van der Waals surface area contributed by atoms with Crippen molar-refractivity contribution < 1.29 is 4.39 Å². The minimum atomic E-state index is -0.494. The number of rotatable bonds is 2. The molecule has 0 fully saturated rings. The summed E-state index contributed by atoms with van der Waals surface area (Å²) in [6, 6.07) is 16.6. The Bertz CT molecular complexity index is 743. The molecule has 0 aliphatic heterocycles. The van der Waals surface area contributed by atoms with Gasteiger partial charge in [-0.15, -0.1) is 0 Å². The van der Waals surface area contributed by atoms with Crippen molar-refractivity contribution in [2.45, 2.75) is 0 Å². The summed E-state index contributed by atoms with van der Waals surface area (Å²) in [4.78, 5) is 3.81. The van der Waals surface area contributed by atoms with Crippen LogP contribution in [-0.2, 0) is 0 Å². The van der Waals surface area contributed by atoms with Gasteiger partial charge in [-0.1, -0.05) is 46.3 Å². The molecule has 0 bridgehead atoms. The Morgan fingerprint density at radius 3 is 2.47 bits per heavy atom. The highest BCUT2D eigenvalue weighted by molar-refractivity contribution is 9.10. The van der Waals surface area contributed by atoms with Crippen molar-refractivity contribution in [2.24, 2.45) is 0 Å². The van der Waals surface area contributed by atoms with Crippen LogP contribution in [0, 0.1) is 5.95 Å². The Morgan fingerprint density at radius 1 is 0.895 bits per heavy atom. The third-order valence-electron chi connectivity index (χ3n) is 2.85. The van der Waals surface area contributed by atoms with Crippen LogP contribution in [0.1, 0.15) is 0 Å². The summed E-state index contributed by atoms with van der Waals surface area (Å²) in [6.07, 6.45) is 0. The van der Waals surface area contributed by atoms with Crippen molar-refractivity contribution >= 4 is 38.2 Å². The zero-order valence-corrected chi connectivity index (χ0v) is 11.5. The first kappa shape index (κ1) is 12.1. The maximum Gasteiger partial charge on any atom is 0.214 e. The minimum Gasteiger partial charge on any atom is -0.340 e. The molecule has 1 heterocycles. The van der Waals surface area contributed by atoms with Gasteiger partial charge in [-0.2, -0.15) is 4.39 Å². The van der Waals surface area contributed by atoms with Gasteiger partial charge in [0, 0.05) is 15.5 Å². The zero-order valence-electron chi connectivity index (χ0n) is 9.90. The Hall–Kier alpha value is -1.94. The predicted octanol–water partition coefficient (Wildman–Crippen LogP) is 4.88. The van der Waals surface area contributed by atoms with Gasteiger partial charge in [-0.25, -0.2) is 4.98 Å². The van der Waals surface area contributed by atoms with Gasteiger partial charge in [0.25, 0.3) is 0 Å². The van der Waals surface area contributed by atoms with E-state index in [1.807, 2.05) is 36.4 Å². The van der Waals surface area contributed by atoms with E-state index < -0.39 is 5.95 Å². The second-order valence-electron chi connectivity index (χ2n) is 4.11. The van der Waals surface area contributed by atoms with Gasteiger partial charge in [0.15, 0.2) is 0 Å². The van der Waals surface area contributed by atoms with Crippen LogP contribution >= 0.6 is 15.9 Å². The van der Waals surface area contributed by atoms with Crippen LogP contribution in [0.25, 0.3) is 10.8 Å². The van der Waals surface area contributed by atoms with Gasteiger partial charge in [0.2, 0.25) is 5.95 Å². The van der Waals surface area contributed by atoms with Crippen LogP contribution in [0.3, 0.4) is 0 Å². The topological polar surface area (TPSA) is 24.9 Å². The number of aromatic nitrogens is 1. The molecule has 0 saturated carbocycles. The van der Waals surface area contributed by atoms with Crippen molar-refractivity contribution in [3.63, 3.8) is 0 Å².